The number of aryl methyl sites for hydroxylation is 1. The quantitative estimate of drug-likeness (QED) is 0.190. The summed E-state index contributed by atoms with van der Waals surface area (Å²) in [6, 6.07) is 27.9. The number of hydrogen-bond donors (Lipinski definition) is 1. The highest BCUT2D eigenvalue weighted by molar-refractivity contribution is 6.31. The van der Waals surface area contributed by atoms with E-state index < -0.39 is 23.2 Å². The van der Waals surface area contributed by atoms with Crippen LogP contribution in [0.2, 0.25) is 5.02 Å². The number of ether oxygens (including phenoxy) is 1. The predicted molar refractivity (Wildman–Crippen MR) is 160 cm³/mol. The molecule has 0 saturated carbocycles. The van der Waals surface area contributed by atoms with E-state index >= 15 is 0 Å². The van der Waals surface area contributed by atoms with Crippen molar-refractivity contribution < 1.29 is 19.1 Å². The molecule has 1 heterocycles. The lowest BCUT2D eigenvalue weighted by Gasteiger charge is -2.52. The Kier molecular flexibility index (Phi) is 6.02. The van der Waals surface area contributed by atoms with E-state index in [0.29, 0.717) is 22.0 Å². The summed E-state index contributed by atoms with van der Waals surface area (Å²) in [5.74, 6) is -2.34. The van der Waals surface area contributed by atoms with Crippen molar-refractivity contribution in [2.45, 2.75) is 18.3 Å². The van der Waals surface area contributed by atoms with E-state index in [9.17, 15) is 14.4 Å². The van der Waals surface area contributed by atoms with Gasteiger partial charge in [0.1, 0.15) is 5.75 Å². The molecule has 3 amide bonds. The van der Waals surface area contributed by atoms with Gasteiger partial charge in [-0.15, -0.1) is 0 Å². The number of imide groups is 1. The molecule has 8 rings (SSSR count). The Hall–Kier alpha value is -4.75. The van der Waals surface area contributed by atoms with Crippen molar-refractivity contribution in [1.82, 2.24) is 5.43 Å². The highest BCUT2D eigenvalue weighted by atomic mass is 35.5. The Bertz CT molecular complexity index is 1790. The van der Waals surface area contributed by atoms with Crippen LogP contribution >= 0.6 is 11.6 Å². The van der Waals surface area contributed by atoms with Crippen LogP contribution in [0.1, 0.15) is 44.1 Å². The Morgan fingerprint density at radius 2 is 1.57 bits per heavy atom. The van der Waals surface area contributed by atoms with Crippen molar-refractivity contribution >= 4 is 41.2 Å². The first-order chi connectivity index (χ1) is 20.4. The molecule has 1 fully saturated rings. The third-order valence-corrected chi connectivity index (χ3v) is 9.12. The van der Waals surface area contributed by atoms with E-state index in [0.717, 1.165) is 27.8 Å². The minimum Gasteiger partial charge on any atom is -0.496 e. The molecule has 0 aromatic heterocycles. The Morgan fingerprint density at radius 3 is 2.26 bits per heavy atom. The third-order valence-electron chi connectivity index (χ3n) is 8.88. The molecule has 208 valence electrons. The van der Waals surface area contributed by atoms with E-state index in [1.807, 2.05) is 61.5 Å². The van der Waals surface area contributed by atoms with Gasteiger partial charge in [0.05, 0.1) is 35.6 Å². The average molecular weight is 576 g/mol. The van der Waals surface area contributed by atoms with Gasteiger partial charge in [-0.3, -0.25) is 14.4 Å². The Labute approximate surface area is 247 Å². The van der Waals surface area contributed by atoms with E-state index in [1.165, 1.54) is 12.0 Å². The van der Waals surface area contributed by atoms with E-state index in [4.69, 9.17) is 16.3 Å². The molecule has 4 aliphatic rings. The highest BCUT2D eigenvalue weighted by Gasteiger charge is 2.68. The number of amides is 3. The topological polar surface area (TPSA) is 88.1 Å². The molecule has 1 saturated heterocycles. The van der Waals surface area contributed by atoms with Crippen LogP contribution in [0, 0.1) is 18.8 Å². The maximum atomic E-state index is 14.5. The minimum atomic E-state index is -1.10. The van der Waals surface area contributed by atoms with Crippen molar-refractivity contribution in [3.05, 3.63) is 129 Å². The van der Waals surface area contributed by atoms with Gasteiger partial charge in [0.15, 0.2) is 0 Å². The molecule has 4 aromatic carbocycles. The summed E-state index contributed by atoms with van der Waals surface area (Å²) in [4.78, 5) is 43.3. The van der Waals surface area contributed by atoms with Crippen LogP contribution in [0.3, 0.4) is 0 Å². The third kappa shape index (κ3) is 3.53. The monoisotopic (exact) mass is 575 g/mol. The van der Waals surface area contributed by atoms with Gasteiger partial charge in [-0.1, -0.05) is 78.3 Å². The molecule has 42 heavy (non-hydrogen) atoms. The number of rotatable bonds is 5. The molecule has 8 heteroatoms. The highest BCUT2D eigenvalue weighted by Crippen LogP contribution is 2.63. The summed E-state index contributed by atoms with van der Waals surface area (Å²) >= 11 is 6.34. The molecule has 4 aromatic rings. The standard InChI is InChI=1S/C34H26ClN3O4/c1-19-15-16-20(35)17-26(19)38-32(40)29-28-21-9-3-6-12-24(21)34(30(29)33(38)41,25-13-7-4-10-22(25)28)18-36-37-31(39)23-11-5-8-14-27(23)42-2/h3-18,28-30H,1-2H3,(H,37,39)/b36-18+/t28?,29-,30-,34?/m1/s1. The van der Waals surface area contributed by atoms with Crippen molar-refractivity contribution in [2.24, 2.45) is 16.9 Å². The van der Waals surface area contributed by atoms with Gasteiger partial charge < -0.3 is 4.74 Å². The van der Waals surface area contributed by atoms with Crippen molar-refractivity contribution in [1.29, 1.82) is 0 Å². The zero-order chi connectivity index (χ0) is 29.2. The molecule has 1 N–H and O–H groups in total. The van der Waals surface area contributed by atoms with E-state index in [2.05, 4.69) is 10.5 Å². The largest absolute Gasteiger partial charge is 0.496 e. The van der Waals surface area contributed by atoms with Crippen molar-refractivity contribution in [2.75, 3.05) is 12.0 Å². The van der Waals surface area contributed by atoms with Crippen LogP contribution in [-0.2, 0) is 15.0 Å². The van der Waals surface area contributed by atoms with E-state index in [1.54, 1.807) is 42.6 Å². The lowest BCUT2D eigenvalue weighted by Crippen LogP contribution is -2.54. The molecular formula is C34H26ClN3O4. The fraction of sp³-hybridized carbons (Fsp3) is 0.176. The van der Waals surface area contributed by atoms with Gasteiger partial charge >= 0.3 is 0 Å². The Morgan fingerprint density at radius 1 is 0.929 bits per heavy atom. The van der Waals surface area contributed by atoms with Crippen LogP contribution in [-0.4, -0.2) is 31.0 Å². The maximum absolute atomic E-state index is 14.5. The SMILES string of the molecule is COc1ccccc1C(=O)N/N=C/C12c3ccccc3C(c3ccccc31)[C@H]1C(=O)N(c3cc(Cl)ccc3C)C(=O)[C@@H]12. The van der Waals surface area contributed by atoms with Crippen LogP contribution in [0.15, 0.2) is 96.1 Å². The molecule has 0 radical (unpaired) electrons. The normalized spacial score (nSPS) is 23.5. The lowest BCUT2D eigenvalue weighted by molar-refractivity contribution is -0.122. The van der Waals surface area contributed by atoms with Gasteiger partial charge in [0.2, 0.25) is 11.8 Å². The zero-order valence-electron chi connectivity index (χ0n) is 22.9. The summed E-state index contributed by atoms with van der Waals surface area (Å²) < 4.78 is 5.35. The summed E-state index contributed by atoms with van der Waals surface area (Å²) in [5, 5.41) is 4.92. The smallest absolute Gasteiger partial charge is 0.275 e. The first kappa shape index (κ1) is 26.2. The van der Waals surface area contributed by atoms with Gasteiger partial charge in [-0.05, 0) is 59.0 Å². The molecule has 2 atom stereocenters. The number of carbonyl (C=O) groups is 3. The summed E-state index contributed by atoms with van der Waals surface area (Å²) in [6.07, 6.45) is 1.64. The number of hydrazone groups is 1. The fourth-order valence-corrected chi connectivity index (χ4v) is 7.36. The second-order valence-corrected chi connectivity index (χ2v) is 11.3. The molecule has 0 unspecified atom stereocenters. The number of para-hydroxylation sites is 1. The second-order valence-electron chi connectivity index (χ2n) is 10.9. The molecule has 7 nitrogen and oxygen atoms in total. The van der Waals surface area contributed by atoms with Crippen molar-refractivity contribution in [3.63, 3.8) is 0 Å². The van der Waals surface area contributed by atoms with Crippen LogP contribution in [0.4, 0.5) is 5.69 Å². The number of hydrogen-bond acceptors (Lipinski definition) is 5. The van der Waals surface area contributed by atoms with Crippen LogP contribution in [0.25, 0.3) is 0 Å². The zero-order valence-corrected chi connectivity index (χ0v) is 23.6. The summed E-state index contributed by atoms with van der Waals surface area (Å²) in [7, 11) is 1.50. The Balaban J connectivity index is 1.41. The number of carbonyl (C=O) groups excluding carboxylic acids is 3. The first-order valence-electron chi connectivity index (χ1n) is 13.7. The summed E-state index contributed by atoms with van der Waals surface area (Å²) in [6.45, 7) is 1.86. The van der Waals surface area contributed by atoms with Gasteiger partial charge in [-0.2, -0.15) is 5.10 Å². The van der Waals surface area contributed by atoms with Crippen LogP contribution < -0.4 is 15.1 Å². The molecule has 2 bridgehead atoms. The molecule has 0 spiro atoms. The number of anilines is 1. The predicted octanol–water partition coefficient (Wildman–Crippen LogP) is 5.62. The number of methoxy groups -OCH3 is 1. The van der Waals surface area contributed by atoms with Gasteiger partial charge in [0, 0.05) is 17.2 Å². The summed E-state index contributed by atoms with van der Waals surface area (Å²) in [5.41, 5.74) is 6.88. The van der Waals surface area contributed by atoms with Gasteiger partial charge in [-0.25, -0.2) is 10.3 Å². The maximum Gasteiger partial charge on any atom is 0.275 e. The van der Waals surface area contributed by atoms with Gasteiger partial charge in [0.25, 0.3) is 5.91 Å². The number of nitrogens with one attached hydrogen (secondary N) is 1. The van der Waals surface area contributed by atoms with E-state index in [-0.39, 0.29) is 17.7 Å². The molecule has 3 aliphatic carbocycles. The average Bonchev–Trinajstić information content (AvgIpc) is 3.28. The fourth-order valence-electron chi connectivity index (χ4n) is 7.20. The second kappa shape index (κ2) is 9.67. The molecular weight excluding hydrogens is 550 g/mol. The lowest BCUT2D eigenvalue weighted by atomic mass is 9.47. The number of nitrogens with zero attached hydrogens (tertiary/aromatic N) is 2. The van der Waals surface area contributed by atoms with Crippen molar-refractivity contribution in [3.8, 4) is 5.75 Å². The first-order valence-corrected chi connectivity index (χ1v) is 14.1. The number of benzene rings is 4. The molecule has 1 aliphatic heterocycles. The van der Waals surface area contributed by atoms with Crippen LogP contribution in [0.5, 0.6) is 5.75 Å². The number of halogens is 1. The minimum absolute atomic E-state index is 0.264.